The Morgan fingerprint density at radius 1 is 0.962 bits per heavy atom. The molecule has 0 aliphatic heterocycles. The number of carboxylic acid groups (broad SMARTS) is 1. The van der Waals surface area contributed by atoms with Gasteiger partial charge in [0.05, 0.1) is 12.0 Å². The molecule has 0 bridgehead atoms. The molecule has 0 fully saturated rings. The van der Waals surface area contributed by atoms with Gasteiger partial charge in [0.25, 0.3) is 5.91 Å². The van der Waals surface area contributed by atoms with Crippen LogP contribution in [0, 0.1) is 5.92 Å². The molecule has 5 nitrogen and oxygen atoms in total. The van der Waals surface area contributed by atoms with Crippen LogP contribution in [0.25, 0.3) is 0 Å². The summed E-state index contributed by atoms with van der Waals surface area (Å²) in [5.74, 6) is -2.35. The van der Waals surface area contributed by atoms with Crippen molar-refractivity contribution in [1.82, 2.24) is 5.32 Å². The molecule has 2 N–H and O–H groups in total. The Labute approximate surface area is 153 Å². The lowest BCUT2D eigenvalue weighted by atomic mass is 9.93. The number of amides is 1. The first-order valence-corrected chi connectivity index (χ1v) is 8.66. The summed E-state index contributed by atoms with van der Waals surface area (Å²) in [4.78, 5) is 36.4. The molecule has 2 aromatic carbocycles. The number of Topliss-reactive ketones (excluding diaryl/α,β-unsaturated/α-hetero) is 1. The maximum atomic E-state index is 12.7. The second-order valence-electron chi connectivity index (χ2n) is 6.20. The van der Waals surface area contributed by atoms with Gasteiger partial charge in [-0.25, -0.2) is 0 Å². The maximum absolute atomic E-state index is 12.7. The third kappa shape index (κ3) is 5.55. The van der Waals surface area contributed by atoms with Gasteiger partial charge in [-0.15, -0.1) is 0 Å². The highest BCUT2D eigenvalue weighted by Crippen LogP contribution is 2.14. The summed E-state index contributed by atoms with van der Waals surface area (Å²) < 4.78 is 0. The highest BCUT2D eigenvalue weighted by molar-refractivity contribution is 5.98. The number of rotatable bonds is 9. The van der Waals surface area contributed by atoms with Crippen molar-refractivity contribution in [2.24, 2.45) is 5.92 Å². The van der Waals surface area contributed by atoms with Crippen LogP contribution in [0.1, 0.15) is 35.7 Å². The number of benzene rings is 2. The van der Waals surface area contributed by atoms with Gasteiger partial charge in [-0.2, -0.15) is 0 Å². The predicted octanol–water partition coefficient (Wildman–Crippen LogP) is 3.10. The maximum Gasteiger partial charge on any atom is 0.306 e. The molecule has 26 heavy (non-hydrogen) atoms. The third-order valence-electron chi connectivity index (χ3n) is 4.30. The van der Waals surface area contributed by atoms with Crippen molar-refractivity contribution >= 4 is 17.7 Å². The van der Waals surface area contributed by atoms with Crippen molar-refractivity contribution in [2.45, 2.75) is 32.2 Å². The minimum absolute atomic E-state index is 0.0988. The Kier molecular flexibility index (Phi) is 7.09. The fourth-order valence-electron chi connectivity index (χ4n) is 2.72. The average Bonchev–Trinajstić information content (AvgIpc) is 2.66. The summed E-state index contributed by atoms with van der Waals surface area (Å²) in [6.45, 7) is 1.74. The minimum atomic E-state index is -0.992. The molecule has 1 amide bonds. The molecule has 5 heteroatoms. The smallest absolute Gasteiger partial charge is 0.306 e. The number of carbonyl (C=O) groups excluding carboxylic acids is 2. The van der Waals surface area contributed by atoms with E-state index in [9.17, 15) is 19.5 Å². The monoisotopic (exact) mass is 353 g/mol. The number of hydrogen-bond donors (Lipinski definition) is 2. The van der Waals surface area contributed by atoms with Gasteiger partial charge in [0.15, 0.2) is 5.78 Å². The molecule has 2 atom stereocenters. The largest absolute Gasteiger partial charge is 0.481 e. The quantitative estimate of drug-likeness (QED) is 0.726. The number of ketones is 1. The van der Waals surface area contributed by atoms with Crippen LogP contribution in [0.15, 0.2) is 60.7 Å². The summed E-state index contributed by atoms with van der Waals surface area (Å²) in [5, 5.41) is 12.0. The van der Waals surface area contributed by atoms with E-state index in [2.05, 4.69) is 5.32 Å². The van der Waals surface area contributed by atoms with Gasteiger partial charge >= 0.3 is 5.97 Å². The molecule has 0 radical (unpaired) electrons. The molecule has 1 unspecified atom stereocenters. The second kappa shape index (κ2) is 9.51. The molecule has 0 aliphatic carbocycles. The molecule has 0 saturated carbocycles. The number of nitrogens with one attached hydrogen (secondary N) is 1. The summed E-state index contributed by atoms with van der Waals surface area (Å²) in [7, 11) is 0. The highest BCUT2D eigenvalue weighted by atomic mass is 16.4. The van der Waals surface area contributed by atoms with E-state index >= 15 is 0 Å². The number of hydrogen-bond acceptors (Lipinski definition) is 3. The van der Waals surface area contributed by atoms with E-state index in [4.69, 9.17) is 0 Å². The van der Waals surface area contributed by atoms with E-state index < -0.39 is 17.9 Å². The average molecular weight is 353 g/mol. The van der Waals surface area contributed by atoms with Gasteiger partial charge in [0.1, 0.15) is 0 Å². The lowest BCUT2D eigenvalue weighted by Crippen LogP contribution is -2.43. The zero-order valence-corrected chi connectivity index (χ0v) is 14.7. The fourth-order valence-corrected chi connectivity index (χ4v) is 2.72. The Morgan fingerprint density at radius 2 is 1.54 bits per heavy atom. The Bertz CT molecular complexity index is 743. The Balaban J connectivity index is 2.16. The molecular weight excluding hydrogens is 330 g/mol. The standard InChI is InChI=1S/C21H23NO4/c1-2-16(21(25)26)14-19(23)18(13-15-9-5-3-6-10-15)22-20(24)17-11-7-4-8-12-17/h3-12,16,18H,2,13-14H2,1H3,(H,22,24)(H,25,26)/t16?,18-/m0/s1. The second-order valence-corrected chi connectivity index (χ2v) is 6.20. The lowest BCUT2D eigenvalue weighted by Gasteiger charge is -2.20. The first-order chi connectivity index (χ1) is 12.5. The van der Waals surface area contributed by atoms with Gasteiger partial charge in [-0.3, -0.25) is 14.4 Å². The summed E-state index contributed by atoms with van der Waals surface area (Å²) >= 11 is 0. The molecule has 0 aromatic heterocycles. The molecule has 0 saturated heterocycles. The van der Waals surface area contributed by atoms with Crippen molar-refractivity contribution in [3.05, 3.63) is 71.8 Å². The first-order valence-electron chi connectivity index (χ1n) is 8.66. The van der Waals surface area contributed by atoms with Gasteiger partial charge in [-0.1, -0.05) is 55.5 Å². The van der Waals surface area contributed by atoms with Gasteiger partial charge in [0.2, 0.25) is 0 Å². The summed E-state index contributed by atoms with van der Waals surface area (Å²) in [6.07, 6.45) is 0.596. The number of carbonyl (C=O) groups is 3. The zero-order chi connectivity index (χ0) is 18.9. The minimum Gasteiger partial charge on any atom is -0.481 e. The van der Waals surface area contributed by atoms with E-state index in [0.29, 0.717) is 18.4 Å². The van der Waals surface area contributed by atoms with Gasteiger partial charge in [-0.05, 0) is 30.5 Å². The topological polar surface area (TPSA) is 83.5 Å². The number of aliphatic carboxylic acids is 1. The van der Waals surface area contributed by atoms with Crippen molar-refractivity contribution in [3.8, 4) is 0 Å². The normalized spacial score (nSPS) is 12.8. The van der Waals surface area contributed by atoms with Crippen LogP contribution in [0.2, 0.25) is 0 Å². The molecule has 136 valence electrons. The van der Waals surface area contributed by atoms with Gasteiger partial charge < -0.3 is 10.4 Å². The molecule has 2 aromatic rings. The van der Waals surface area contributed by atoms with Crippen LogP contribution in [0.5, 0.6) is 0 Å². The van der Waals surface area contributed by atoms with Crippen LogP contribution in [0.3, 0.4) is 0 Å². The number of carboxylic acids is 1. The van der Waals surface area contributed by atoms with Crippen LogP contribution in [-0.2, 0) is 16.0 Å². The van der Waals surface area contributed by atoms with E-state index in [1.807, 2.05) is 36.4 Å². The SMILES string of the molecule is CCC(CC(=O)[C@H](Cc1ccccc1)NC(=O)c1ccccc1)C(=O)O. The van der Waals surface area contributed by atoms with Crippen molar-refractivity contribution in [3.63, 3.8) is 0 Å². The van der Waals surface area contributed by atoms with Gasteiger partial charge in [0, 0.05) is 12.0 Å². The predicted molar refractivity (Wildman–Crippen MR) is 98.9 cm³/mol. The van der Waals surface area contributed by atoms with E-state index in [1.165, 1.54) is 0 Å². The molecule has 0 spiro atoms. The van der Waals surface area contributed by atoms with Crippen LogP contribution in [0.4, 0.5) is 0 Å². The Morgan fingerprint density at radius 3 is 2.08 bits per heavy atom. The third-order valence-corrected chi connectivity index (χ3v) is 4.30. The zero-order valence-electron chi connectivity index (χ0n) is 14.7. The molecule has 0 heterocycles. The van der Waals surface area contributed by atoms with E-state index in [1.54, 1.807) is 31.2 Å². The van der Waals surface area contributed by atoms with Crippen molar-refractivity contribution < 1.29 is 19.5 Å². The van der Waals surface area contributed by atoms with Crippen molar-refractivity contribution in [1.29, 1.82) is 0 Å². The van der Waals surface area contributed by atoms with Crippen LogP contribution >= 0.6 is 0 Å². The lowest BCUT2D eigenvalue weighted by molar-refractivity contribution is -0.144. The summed E-state index contributed by atoms with van der Waals surface area (Å²) in [6, 6.07) is 17.2. The van der Waals surface area contributed by atoms with Crippen LogP contribution < -0.4 is 5.32 Å². The fraction of sp³-hybridized carbons (Fsp3) is 0.286. The van der Waals surface area contributed by atoms with E-state index in [0.717, 1.165) is 5.56 Å². The molecular formula is C21H23NO4. The van der Waals surface area contributed by atoms with Crippen LogP contribution in [-0.4, -0.2) is 28.8 Å². The first kappa shape index (κ1) is 19.4. The summed E-state index contributed by atoms with van der Waals surface area (Å²) in [5.41, 5.74) is 1.37. The molecule has 0 aliphatic rings. The van der Waals surface area contributed by atoms with E-state index in [-0.39, 0.29) is 18.1 Å². The molecule has 2 rings (SSSR count). The Hall–Kier alpha value is -2.95. The van der Waals surface area contributed by atoms with Crippen molar-refractivity contribution in [2.75, 3.05) is 0 Å². The highest BCUT2D eigenvalue weighted by Gasteiger charge is 2.26.